The Labute approximate surface area is 117 Å². The topological polar surface area (TPSA) is 95.5 Å². The maximum Gasteiger partial charge on any atom is 0.240 e. The van der Waals surface area contributed by atoms with Gasteiger partial charge >= 0.3 is 0 Å². The molecule has 1 amide bonds. The van der Waals surface area contributed by atoms with Gasteiger partial charge in [0, 0.05) is 19.0 Å². The summed E-state index contributed by atoms with van der Waals surface area (Å²) in [5.74, 6) is -0.894. The van der Waals surface area contributed by atoms with Gasteiger partial charge < -0.3 is 10.4 Å². The number of aliphatic hydroxyl groups excluding tert-OH is 1. The largest absolute Gasteiger partial charge is 0.394 e. The van der Waals surface area contributed by atoms with Crippen LogP contribution >= 0.6 is 0 Å². The van der Waals surface area contributed by atoms with Gasteiger partial charge in [0.25, 0.3) is 0 Å². The third kappa shape index (κ3) is 5.24. The minimum atomic E-state index is -3.75. The van der Waals surface area contributed by atoms with Crippen LogP contribution in [0.5, 0.6) is 0 Å². The number of hydrogen-bond acceptors (Lipinski definition) is 4. The fraction of sp³-hybridized carbons (Fsp3) is 0.417. The molecule has 0 bridgehead atoms. The van der Waals surface area contributed by atoms with Crippen molar-refractivity contribution < 1.29 is 22.7 Å². The summed E-state index contributed by atoms with van der Waals surface area (Å²) in [6, 6.07) is 4.00. The number of hydrogen-bond donors (Lipinski definition) is 3. The molecule has 0 aromatic heterocycles. The molecule has 112 valence electrons. The van der Waals surface area contributed by atoms with E-state index in [1.54, 1.807) is 6.92 Å². The van der Waals surface area contributed by atoms with Gasteiger partial charge in [-0.3, -0.25) is 4.79 Å². The number of benzene rings is 1. The van der Waals surface area contributed by atoms with Crippen molar-refractivity contribution in [2.75, 3.05) is 13.2 Å². The quantitative estimate of drug-likeness (QED) is 0.660. The predicted molar refractivity (Wildman–Crippen MR) is 70.9 cm³/mol. The van der Waals surface area contributed by atoms with Crippen molar-refractivity contribution in [3.63, 3.8) is 0 Å². The Morgan fingerprint density at radius 1 is 1.35 bits per heavy atom. The van der Waals surface area contributed by atoms with E-state index in [4.69, 9.17) is 5.11 Å². The predicted octanol–water partition coefficient (Wildman–Crippen LogP) is -0.00890. The second kappa shape index (κ2) is 7.32. The van der Waals surface area contributed by atoms with Gasteiger partial charge in [-0.25, -0.2) is 17.5 Å². The van der Waals surface area contributed by atoms with Crippen molar-refractivity contribution in [3.05, 3.63) is 30.1 Å². The van der Waals surface area contributed by atoms with Gasteiger partial charge in [-0.2, -0.15) is 0 Å². The van der Waals surface area contributed by atoms with Crippen LogP contribution in [-0.4, -0.2) is 38.6 Å². The first-order valence-corrected chi connectivity index (χ1v) is 7.49. The molecule has 0 saturated heterocycles. The molecule has 0 spiro atoms. The molecule has 1 rings (SSSR count). The summed E-state index contributed by atoms with van der Waals surface area (Å²) in [5, 5.41) is 11.2. The van der Waals surface area contributed by atoms with Crippen LogP contribution in [0, 0.1) is 5.82 Å². The summed E-state index contributed by atoms with van der Waals surface area (Å²) in [6.45, 7) is 1.36. The molecule has 1 aromatic rings. The molecule has 20 heavy (non-hydrogen) atoms. The lowest BCUT2D eigenvalue weighted by Gasteiger charge is -2.11. The highest BCUT2D eigenvalue weighted by Crippen LogP contribution is 2.09. The third-order valence-corrected chi connectivity index (χ3v) is 3.93. The van der Waals surface area contributed by atoms with Crippen LogP contribution in [0.3, 0.4) is 0 Å². The maximum atomic E-state index is 12.7. The number of halogens is 1. The molecule has 1 aromatic carbocycles. The Balaban J connectivity index is 2.48. The maximum absolute atomic E-state index is 12.7. The number of nitrogens with one attached hydrogen (secondary N) is 2. The van der Waals surface area contributed by atoms with Crippen molar-refractivity contribution in [3.8, 4) is 0 Å². The van der Waals surface area contributed by atoms with Gasteiger partial charge in [-0.15, -0.1) is 0 Å². The molecule has 3 N–H and O–H groups in total. The minimum absolute atomic E-state index is 0.0508. The third-order valence-electron chi connectivity index (χ3n) is 2.45. The van der Waals surface area contributed by atoms with Crippen molar-refractivity contribution in [2.24, 2.45) is 0 Å². The Morgan fingerprint density at radius 2 is 1.95 bits per heavy atom. The lowest BCUT2D eigenvalue weighted by Crippen LogP contribution is -2.37. The minimum Gasteiger partial charge on any atom is -0.394 e. The normalized spacial score (nSPS) is 12.9. The van der Waals surface area contributed by atoms with Gasteiger partial charge in [-0.1, -0.05) is 0 Å². The van der Waals surface area contributed by atoms with E-state index in [0.717, 1.165) is 24.3 Å². The number of rotatable bonds is 7. The summed E-state index contributed by atoms with van der Waals surface area (Å²) in [7, 11) is -3.75. The van der Waals surface area contributed by atoms with Crippen molar-refractivity contribution in [1.29, 1.82) is 0 Å². The first-order valence-electron chi connectivity index (χ1n) is 6.00. The standard InChI is InChI=1S/C12H17FN2O4S/c1-9(8-16)15-12(17)6-7-14-20(18,19)11-4-2-10(13)3-5-11/h2-5,9,14,16H,6-8H2,1H3,(H,15,17). The van der Waals surface area contributed by atoms with Crippen LogP contribution < -0.4 is 10.0 Å². The average Bonchev–Trinajstić information content (AvgIpc) is 2.38. The molecule has 0 heterocycles. The molecule has 0 aliphatic carbocycles. The fourth-order valence-electron chi connectivity index (χ4n) is 1.39. The Bertz CT molecular complexity index is 545. The van der Waals surface area contributed by atoms with Gasteiger partial charge in [0.2, 0.25) is 15.9 Å². The molecule has 6 nitrogen and oxygen atoms in total. The van der Waals surface area contributed by atoms with Gasteiger partial charge in [0.15, 0.2) is 0 Å². The lowest BCUT2D eigenvalue weighted by atomic mass is 10.3. The summed E-state index contributed by atoms with van der Waals surface area (Å²) in [4.78, 5) is 11.3. The number of carbonyl (C=O) groups is 1. The first-order chi connectivity index (χ1) is 9.35. The second-order valence-corrected chi connectivity index (χ2v) is 6.02. The SMILES string of the molecule is CC(CO)NC(=O)CCNS(=O)(=O)c1ccc(F)cc1. The van der Waals surface area contributed by atoms with Crippen LogP contribution in [0.4, 0.5) is 4.39 Å². The van der Waals surface area contributed by atoms with Gasteiger partial charge in [-0.05, 0) is 31.2 Å². The molecule has 0 radical (unpaired) electrons. The van der Waals surface area contributed by atoms with Crippen LogP contribution in [0.15, 0.2) is 29.2 Å². The monoisotopic (exact) mass is 304 g/mol. The fourth-order valence-corrected chi connectivity index (χ4v) is 2.42. The van der Waals surface area contributed by atoms with Crippen molar-refractivity contribution >= 4 is 15.9 Å². The molecule has 0 aliphatic rings. The molecule has 0 aliphatic heterocycles. The summed E-state index contributed by atoms with van der Waals surface area (Å²) in [5.41, 5.74) is 0. The average molecular weight is 304 g/mol. The van der Waals surface area contributed by atoms with Crippen LogP contribution in [0.2, 0.25) is 0 Å². The molecule has 0 saturated carbocycles. The van der Waals surface area contributed by atoms with E-state index in [1.807, 2.05) is 0 Å². The van der Waals surface area contributed by atoms with Gasteiger partial charge in [0.05, 0.1) is 11.5 Å². The van der Waals surface area contributed by atoms with Crippen LogP contribution in [-0.2, 0) is 14.8 Å². The Hall–Kier alpha value is -1.51. The highest BCUT2D eigenvalue weighted by atomic mass is 32.2. The molecule has 1 unspecified atom stereocenters. The zero-order chi connectivity index (χ0) is 15.2. The molecular formula is C12H17FN2O4S. The molecular weight excluding hydrogens is 287 g/mol. The summed E-state index contributed by atoms with van der Waals surface area (Å²) >= 11 is 0. The molecule has 0 fully saturated rings. The van der Waals surface area contributed by atoms with Crippen molar-refractivity contribution in [1.82, 2.24) is 10.0 Å². The zero-order valence-corrected chi connectivity index (χ0v) is 11.8. The molecule has 1 atom stereocenters. The van der Waals surface area contributed by atoms with E-state index < -0.39 is 15.8 Å². The number of aliphatic hydroxyl groups is 1. The van der Waals surface area contributed by atoms with E-state index in [0.29, 0.717) is 0 Å². The Morgan fingerprint density at radius 3 is 2.50 bits per heavy atom. The summed E-state index contributed by atoms with van der Waals surface area (Å²) < 4.78 is 38.5. The van der Waals surface area contributed by atoms with E-state index in [-0.39, 0.29) is 36.4 Å². The zero-order valence-electron chi connectivity index (χ0n) is 11.0. The highest BCUT2D eigenvalue weighted by Gasteiger charge is 2.14. The summed E-state index contributed by atoms with van der Waals surface area (Å²) in [6.07, 6.45) is -0.0508. The lowest BCUT2D eigenvalue weighted by molar-refractivity contribution is -0.121. The first kappa shape index (κ1) is 16.5. The van der Waals surface area contributed by atoms with Gasteiger partial charge in [0.1, 0.15) is 5.82 Å². The number of amides is 1. The second-order valence-electron chi connectivity index (χ2n) is 4.25. The van der Waals surface area contributed by atoms with E-state index in [2.05, 4.69) is 10.0 Å². The van der Waals surface area contributed by atoms with E-state index >= 15 is 0 Å². The smallest absolute Gasteiger partial charge is 0.240 e. The highest BCUT2D eigenvalue weighted by molar-refractivity contribution is 7.89. The molecule has 8 heteroatoms. The number of sulfonamides is 1. The van der Waals surface area contributed by atoms with Crippen LogP contribution in [0.1, 0.15) is 13.3 Å². The van der Waals surface area contributed by atoms with E-state index in [1.165, 1.54) is 0 Å². The Kier molecular flexibility index (Phi) is 6.05. The number of carbonyl (C=O) groups excluding carboxylic acids is 1. The van der Waals surface area contributed by atoms with Crippen LogP contribution in [0.25, 0.3) is 0 Å². The van der Waals surface area contributed by atoms with Crippen molar-refractivity contribution in [2.45, 2.75) is 24.3 Å². The van der Waals surface area contributed by atoms with E-state index in [9.17, 15) is 17.6 Å².